The lowest BCUT2D eigenvalue weighted by molar-refractivity contribution is -0.139. The normalized spacial score (nSPS) is 20.1. The largest absolute Gasteiger partial charge is 0.378 e. The van der Waals surface area contributed by atoms with Crippen LogP contribution in [0.5, 0.6) is 0 Å². The number of imide groups is 1. The van der Waals surface area contributed by atoms with E-state index in [1.165, 1.54) is 0 Å². The highest BCUT2D eigenvalue weighted by atomic mass is 35.5. The number of carbonyl (C=O) groups is 3. The van der Waals surface area contributed by atoms with Crippen molar-refractivity contribution in [2.45, 2.75) is 0 Å². The van der Waals surface area contributed by atoms with Gasteiger partial charge < -0.3 is 9.64 Å². The molecule has 24 heavy (non-hydrogen) atoms. The number of hydrogen-bond donors (Lipinski definition) is 0. The minimum Gasteiger partial charge on any atom is -0.378 e. The van der Waals surface area contributed by atoms with Crippen molar-refractivity contribution in [3.63, 3.8) is 0 Å². The van der Waals surface area contributed by atoms with Crippen LogP contribution in [0.1, 0.15) is 5.56 Å². The van der Waals surface area contributed by atoms with E-state index in [1.54, 1.807) is 35.2 Å². The zero-order valence-electron chi connectivity index (χ0n) is 12.7. The molecule has 3 rings (SSSR count). The number of morpholine rings is 1. The zero-order valence-corrected chi connectivity index (χ0v) is 14.3. The summed E-state index contributed by atoms with van der Waals surface area (Å²) < 4.78 is 5.19. The fraction of sp³-hybridized carbons (Fsp3) is 0.312. The maximum absolute atomic E-state index is 12.4. The fourth-order valence-electron chi connectivity index (χ4n) is 2.42. The van der Waals surface area contributed by atoms with Crippen LogP contribution in [0.4, 0.5) is 4.79 Å². The van der Waals surface area contributed by atoms with E-state index < -0.39 is 11.1 Å². The van der Waals surface area contributed by atoms with Gasteiger partial charge in [-0.1, -0.05) is 29.8 Å². The number of halogens is 1. The molecule has 0 bridgehead atoms. The van der Waals surface area contributed by atoms with Crippen molar-refractivity contribution in [2.24, 2.45) is 0 Å². The van der Waals surface area contributed by atoms with Crippen LogP contribution >= 0.6 is 23.4 Å². The molecule has 0 unspecified atom stereocenters. The number of ether oxygens (including phenoxy) is 1. The number of benzene rings is 1. The van der Waals surface area contributed by atoms with Gasteiger partial charge in [0.1, 0.15) is 6.54 Å². The Morgan fingerprint density at radius 1 is 1.25 bits per heavy atom. The number of rotatable bonds is 3. The molecule has 0 radical (unpaired) electrons. The molecule has 2 heterocycles. The molecular formula is C16H15ClN2O4S. The SMILES string of the molecule is O=C(CN1C(=O)S/C(=C\c2ccccc2Cl)C1=O)N1CCOCC1. The molecule has 2 fully saturated rings. The van der Waals surface area contributed by atoms with E-state index >= 15 is 0 Å². The predicted octanol–water partition coefficient (Wildman–Crippen LogP) is 2.24. The molecule has 0 spiro atoms. The fourth-order valence-corrected chi connectivity index (χ4v) is 3.44. The van der Waals surface area contributed by atoms with Gasteiger partial charge in [0, 0.05) is 18.1 Å². The minimum absolute atomic E-state index is 0.246. The molecule has 0 aromatic heterocycles. The van der Waals surface area contributed by atoms with E-state index in [-0.39, 0.29) is 17.4 Å². The summed E-state index contributed by atoms with van der Waals surface area (Å²) in [4.78, 5) is 39.6. The van der Waals surface area contributed by atoms with Crippen LogP contribution in [0, 0.1) is 0 Å². The van der Waals surface area contributed by atoms with E-state index in [0.29, 0.717) is 36.9 Å². The smallest absolute Gasteiger partial charge is 0.294 e. The van der Waals surface area contributed by atoms with Gasteiger partial charge in [-0.15, -0.1) is 0 Å². The summed E-state index contributed by atoms with van der Waals surface area (Å²) >= 11 is 6.89. The van der Waals surface area contributed by atoms with E-state index in [9.17, 15) is 14.4 Å². The number of hydrogen-bond acceptors (Lipinski definition) is 5. The Morgan fingerprint density at radius 3 is 2.67 bits per heavy atom. The maximum Gasteiger partial charge on any atom is 0.294 e. The molecule has 1 aromatic carbocycles. The Bertz CT molecular complexity index is 716. The van der Waals surface area contributed by atoms with Gasteiger partial charge in [-0.3, -0.25) is 19.3 Å². The monoisotopic (exact) mass is 366 g/mol. The molecule has 2 saturated heterocycles. The topological polar surface area (TPSA) is 66.9 Å². The summed E-state index contributed by atoms with van der Waals surface area (Å²) in [5.74, 6) is -0.717. The highest BCUT2D eigenvalue weighted by Crippen LogP contribution is 2.33. The molecule has 0 saturated carbocycles. The first-order chi connectivity index (χ1) is 11.6. The maximum atomic E-state index is 12.4. The van der Waals surface area contributed by atoms with Crippen molar-refractivity contribution in [2.75, 3.05) is 32.8 Å². The van der Waals surface area contributed by atoms with Gasteiger partial charge in [-0.25, -0.2) is 0 Å². The molecule has 0 aliphatic carbocycles. The average Bonchev–Trinajstić information content (AvgIpc) is 2.85. The Morgan fingerprint density at radius 2 is 1.96 bits per heavy atom. The molecule has 1 aromatic rings. The van der Waals surface area contributed by atoms with Crippen LogP contribution in [0.25, 0.3) is 6.08 Å². The predicted molar refractivity (Wildman–Crippen MR) is 91.5 cm³/mol. The summed E-state index contributed by atoms with van der Waals surface area (Å²) in [5, 5.41) is 0.0496. The van der Waals surface area contributed by atoms with Crippen molar-refractivity contribution in [3.8, 4) is 0 Å². The molecule has 2 aliphatic heterocycles. The van der Waals surface area contributed by atoms with Crippen molar-refractivity contribution in [1.29, 1.82) is 0 Å². The highest BCUT2D eigenvalue weighted by Gasteiger charge is 2.37. The summed E-state index contributed by atoms with van der Waals surface area (Å²) in [5.41, 5.74) is 0.657. The molecule has 126 valence electrons. The van der Waals surface area contributed by atoms with Gasteiger partial charge in [0.05, 0.1) is 18.1 Å². The third kappa shape index (κ3) is 3.63. The van der Waals surface area contributed by atoms with Crippen molar-refractivity contribution in [3.05, 3.63) is 39.8 Å². The quantitative estimate of drug-likeness (QED) is 0.767. The third-order valence-electron chi connectivity index (χ3n) is 3.72. The molecule has 6 nitrogen and oxygen atoms in total. The van der Waals surface area contributed by atoms with E-state index in [2.05, 4.69) is 0 Å². The van der Waals surface area contributed by atoms with Crippen LogP contribution in [0.15, 0.2) is 29.2 Å². The van der Waals surface area contributed by atoms with E-state index in [0.717, 1.165) is 16.7 Å². The van der Waals surface area contributed by atoms with Crippen LogP contribution < -0.4 is 0 Å². The van der Waals surface area contributed by atoms with Gasteiger partial charge >= 0.3 is 0 Å². The van der Waals surface area contributed by atoms with Crippen molar-refractivity contribution in [1.82, 2.24) is 9.80 Å². The Labute approximate surface area is 148 Å². The molecular weight excluding hydrogens is 352 g/mol. The first kappa shape index (κ1) is 17.0. The zero-order chi connectivity index (χ0) is 17.1. The van der Waals surface area contributed by atoms with Gasteiger partial charge in [-0.2, -0.15) is 0 Å². The molecule has 2 aliphatic rings. The Hall–Kier alpha value is -1.83. The minimum atomic E-state index is -0.466. The lowest BCUT2D eigenvalue weighted by atomic mass is 10.2. The second-order valence-corrected chi connectivity index (χ2v) is 6.68. The lowest BCUT2D eigenvalue weighted by Crippen LogP contribution is -2.46. The Kier molecular flexibility index (Phi) is 5.23. The third-order valence-corrected chi connectivity index (χ3v) is 4.97. The summed E-state index contributed by atoms with van der Waals surface area (Å²) in [6, 6.07) is 7.05. The van der Waals surface area contributed by atoms with Crippen LogP contribution in [-0.4, -0.2) is 59.7 Å². The van der Waals surface area contributed by atoms with Gasteiger partial charge in [0.2, 0.25) is 5.91 Å². The number of thioether (sulfide) groups is 1. The van der Waals surface area contributed by atoms with Gasteiger partial charge in [-0.05, 0) is 29.5 Å². The van der Waals surface area contributed by atoms with Crippen molar-refractivity contribution < 1.29 is 19.1 Å². The van der Waals surface area contributed by atoms with Crippen LogP contribution in [-0.2, 0) is 14.3 Å². The Balaban J connectivity index is 1.72. The van der Waals surface area contributed by atoms with Crippen LogP contribution in [0.3, 0.4) is 0 Å². The number of amides is 3. The first-order valence-corrected chi connectivity index (χ1v) is 8.61. The molecule has 0 atom stereocenters. The van der Waals surface area contributed by atoms with E-state index in [1.807, 2.05) is 0 Å². The van der Waals surface area contributed by atoms with Crippen molar-refractivity contribution >= 4 is 46.5 Å². The molecule has 8 heteroatoms. The first-order valence-electron chi connectivity index (χ1n) is 7.41. The van der Waals surface area contributed by atoms with Gasteiger partial charge in [0.15, 0.2) is 0 Å². The average molecular weight is 367 g/mol. The van der Waals surface area contributed by atoms with Gasteiger partial charge in [0.25, 0.3) is 11.1 Å². The highest BCUT2D eigenvalue weighted by molar-refractivity contribution is 8.18. The molecule has 3 amide bonds. The summed E-state index contributed by atoms with van der Waals surface area (Å²) in [6.07, 6.45) is 1.58. The second-order valence-electron chi connectivity index (χ2n) is 5.28. The standard InChI is InChI=1S/C16H15ClN2O4S/c17-12-4-2-1-3-11(12)9-13-15(21)19(16(22)24-13)10-14(20)18-5-7-23-8-6-18/h1-4,9H,5-8,10H2/b13-9-. The molecule has 0 N–H and O–H groups in total. The second kappa shape index (κ2) is 7.38. The van der Waals surface area contributed by atoms with E-state index in [4.69, 9.17) is 16.3 Å². The number of carbonyl (C=O) groups excluding carboxylic acids is 3. The summed E-state index contributed by atoms with van der Waals surface area (Å²) in [7, 11) is 0. The lowest BCUT2D eigenvalue weighted by Gasteiger charge is -2.28. The summed E-state index contributed by atoms with van der Waals surface area (Å²) in [6.45, 7) is 1.65. The number of nitrogens with zero attached hydrogens (tertiary/aromatic N) is 2. The van der Waals surface area contributed by atoms with Crippen LogP contribution in [0.2, 0.25) is 5.02 Å².